The van der Waals surface area contributed by atoms with Gasteiger partial charge in [0.15, 0.2) is 0 Å². The van der Waals surface area contributed by atoms with Crippen LogP contribution in [0.4, 0.5) is 0 Å². The Bertz CT molecular complexity index is 113. The zero-order valence-electron chi connectivity index (χ0n) is 3.82. The van der Waals surface area contributed by atoms with Crippen LogP contribution in [-0.2, 0) is 26.3 Å². The van der Waals surface area contributed by atoms with E-state index in [1.165, 1.54) is 0 Å². The Balaban J connectivity index is -0.0000000800. The first-order chi connectivity index (χ1) is 3.41. The number of hydrogen-bond donors (Lipinski definition) is 0. The van der Waals surface area contributed by atoms with E-state index in [0.717, 1.165) is 0 Å². The molecule has 0 aromatic rings. The summed E-state index contributed by atoms with van der Waals surface area (Å²) in [5.41, 5.74) is 0. The third-order valence-corrected chi connectivity index (χ3v) is 0. The first kappa shape index (κ1) is 17.1. The van der Waals surface area contributed by atoms with Gasteiger partial charge in [-0.2, -0.15) is 0 Å². The molecule has 0 unspecified atom stereocenters. The van der Waals surface area contributed by atoms with E-state index in [9.17, 15) is 0 Å². The smallest absolute Gasteiger partial charge is 2.00 e. The van der Waals surface area contributed by atoms with E-state index >= 15 is 0 Å². The molecule has 0 saturated heterocycles. The van der Waals surface area contributed by atoms with Crippen LogP contribution < -0.4 is 0 Å². The molecule has 0 aromatic heterocycles. The van der Waals surface area contributed by atoms with Crippen LogP contribution in [0.5, 0.6) is 0 Å². The molecule has 0 atom stereocenters. The topological polar surface area (TPSA) is 80.3 Å². The molecule has 0 fully saturated rings. The molecule has 0 radical (unpaired) electrons. The van der Waals surface area contributed by atoms with E-state index in [0.29, 0.717) is 0 Å². The summed E-state index contributed by atoms with van der Waals surface area (Å²) in [7, 11) is 4.46. The second-order valence-electron chi connectivity index (χ2n) is 0.453. The molecule has 0 aromatic carbocycles. The molecule has 0 aliphatic heterocycles. The van der Waals surface area contributed by atoms with Crippen molar-refractivity contribution < 1.29 is 33.5 Å². The summed E-state index contributed by atoms with van der Waals surface area (Å²) in [5, 5.41) is 0. The largest absolute Gasteiger partial charge is 2.00 e. The van der Waals surface area contributed by atoms with Crippen molar-refractivity contribution in [1.82, 2.24) is 0 Å². The van der Waals surface area contributed by atoms with Gasteiger partial charge in [-0.25, -0.2) is 0 Å². The molecule has 0 N–H and O–H groups in total. The SMILES string of the molecule is O=S(=O)([O-])[O-].[Cl][Pd][Cl].[Mg+2]. The van der Waals surface area contributed by atoms with Crippen molar-refractivity contribution >= 4 is 52.5 Å². The van der Waals surface area contributed by atoms with Crippen LogP contribution >= 0.6 is 19.1 Å². The van der Waals surface area contributed by atoms with Crippen molar-refractivity contribution in [3.63, 3.8) is 0 Å². The Labute approximate surface area is 85.1 Å². The van der Waals surface area contributed by atoms with Crippen molar-refractivity contribution in [3.05, 3.63) is 0 Å². The summed E-state index contributed by atoms with van der Waals surface area (Å²) < 4.78 is 34.1. The molecule has 0 saturated carbocycles. The number of hydrogen-bond acceptors (Lipinski definition) is 4. The first-order valence-corrected chi connectivity index (χ1v) is 6.24. The van der Waals surface area contributed by atoms with Crippen molar-refractivity contribution in [2.75, 3.05) is 0 Å². The van der Waals surface area contributed by atoms with Gasteiger partial charge in [0, 0.05) is 10.4 Å². The van der Waals surface area contributed by atoms with Gasteiger partial charge in [0.2, 0.25) is 0 Å². The Morgan fingerprint density at radius 2 is 1.22 bits per heavy atom. The van der Waals surface area contributed by atoms with Crippen molar-refractivity contribution in [1.29, 1.82) is 0 Å². The van der Waals surface area contributed by atoms with E-state index in [1.807, 2.05) is 0 Å². The molecule has 0 heterocycles. The summed E-state index contributed by atoms with van der Waals surface area (Å²) in [6.45, 7) is 0. The third-order valence-electron chi connectivity index (χ3n) is 0. The van der Waals surface area contributed by atoms with Gasteiger partial charge in [-0.3, -0.25) is 8.42 Å². The summed E-state index contributed by atoms with van der Waals surface area (Å²) >= 11 is -0.106. The van der Waals surface area contributed by atoms with E-state index in [4.69, 9.17) is 36.6 Å². The van der Waals surface area contributed by atoms with Gasteiger partial charge >= 0.3 is 58.1 Å². The first-order valence-electron chi connectivity index (χ1n) is 0.906. The van der Waals surface area contributed by atoms with Crippen LogP contribution in [0.3, 0.4) is 0 Å². The van der Waals surface area contributed by atoms with E-state index in [2.05, 4.69) is 0 Å². The summed E-state index contributed by atoms with van der Waals surface area (Å²) in [6, 6.07) is 0. The molecule has 0 rings (SSSR count). The second kappa shape index (κ2) is 9.88. The van der Waals surface area contributed by atoms with Gasteiger partial charge in [0.1, 0.15) is 0 Å². The average Bonchev–Trinajstić information content (AvgIpc) is 1.27. The van der Waals surface area contributed by atoms with Crippen molar-refractivity contribution in [3.8, 4) is 0 Å². The predicted octanol–water partition coefficient (Wildman–Crippen LogP) is -0.342. The van der Waals surface area contributed by atoms with E-state index < -0.39 is 10.4 Å². The Morgan fingerprint density at radius 1 is 1.22 bits per heavy atom. The zero-order chi connectivity index (χ0) is 7.21. The van der Waals surface area contributed by atoms with Crippen molar-refractivity contribution in [2.24, 2.45) is 0 Å². The van der Waals surface area contributed by atoms with Crippen LogP contribution in [0.25, 0.3) is 0 Å². The standard InChI is InChI=1S/2ClH.Mg.H2O4S.Pd/c;;;1-5(2,3)4;/h2*1H;;(H2,1,2,3,4);/q;;+2;;+2/p-4. The molecule has 9 heavy (non-hydrogen) atoms. The molecule has 9 heteroatoms. The maximum atomic E-state index is 8.52. The summed E-state index contributed by atoms with van der Waals surface area (Å²) in [4.78, 5) is 0. The second-order valence-corrected chi connectivity index (χ2v) is 3.63. The van der Waals surface area contributed by atoms with Crippen molar-refractivity contribution in [2.45, 2.75) is 0 Å². The van der Waals surface area contributed by atoms with Gasteiger partial charge in [-0.15, -0.1) is 0 Å². The normalized spacial score (nSPS) is 8.89. The zero-order valence-corrected chi connectivity index (χ0v) is 9.12. The maximum Gasteiger partial charge on any atom is 2.00 e. The molecule has 0 aliphatic rings. The van der Waals surface area contributed by atoms with E-state index in [1.54, 1.807) is 0 Å². The molecule has 0 aliphatic carbocycles. The van der Waals surface area contributed by atoms with Gasteiger partial charge in [-0.1, -0.05) is 0 Å². The summed E-state index contributed by atoms with van der Waals surface area (Å²) in [6.07, 6.45) is 0. The molecule has 56 valence electrons. The molecule has 0 bridgehead atoms. The monoisotopic (exact) mass is 296 g/mol. The number of halogens is 2. The molecule has 0 spiro atoms. The Hall–Kier alpha value is 1.88. The minimum Gasteiger partial charge on any atom is 2.00 e. The predicted molar refractivity (Wildman–Crippen MR) is 27.9 cm³/mol. The van der Waals surface area contributed by atoms with Crippen LogP contribution in [0.1, 0.15) is 0 Å². The Morgan fingerprint density at radius 3 is 1.22 bits per heavy atom. The molecule has 0 amide bonds. The van der Waals surface area contributed by atoms with Crippen LogP contribution in [0, 0.1) is 0 Å². The molecule has 4 nitrogen and oxygen atoms in total. The fourth-order valence-corrected chi connectivity index (χ4v) is 0. The third kappa shape index (κ3) is 174. The molecular weight excluding hydrogens is 298 g/mol. The Kier molecular flexibility index (Phi) is 18.8. The fourth-order valence-electron chi connectivity index (χ4n) is 0. The van der Waals surface area contributed by atoms with Crippen LogP contribution in [0.15, 0.2) is 0 Å². The fraction of sp³-hybridized carbons (Fsp3) is 0. The van der Waals surface area contributed by atoms with Crippen LogP contribution in [-0.4, -0.2) is 40.6 Å². The molecular formula is Cl2MgO4PdS. The number of rotatable bonds is 0. The minimum atomic E-state index is -5.17. The summed E-state index contributed by atoms with van der Waals surface area (Å²) in [5.74, 6) is 0. The average molecular weight is 298 g/mol. The van der Waals surface area contributed by atoms with E-state index in [-0.39, 0.29) is 39.0 Å². The van der Waals surface area contributed by atoms with Gasteiger partial charge in [0.25, 0.3) is 0 Å². The van der Waals surface area contributed by atoms with Gasteiger partial charge < -0.3 is 9.11 Å². The maximum absolute atomic E-state index is 8.52. The van der Waals surface area contributed by atoms with Gasteiger partial charge in [-0.05, 0) is 0 Å². The quantitative estimate of drug-likeness (QED) is 0.348. The van der Waals surface area contributed by atoms with Gasteiger partial charge in [0.05, 0.1) is 0 Å². The van der Waals surface area contributed by atoms with Crippen LogP contribution in [0.2, 0.25) is 0 Å². The minimum absolute atomic E-state index is 0.